The Kier molecular flexibility index (Phi) is 5.68. The van der Waals surface area contributed by atoms with Gasteiger partial charge in [0, 0.05) is 17.8 Å². The monoisotopic (exact) mass is 325 g/mol. The van der Waals surface area contributed by atoms with E-state index in [9.17, 15) is 0 Å². The zero-order chi connectivity index (χ0) is 16.8. The van der Waals surface area contributed by atoms with Gasteiger partial charge in [-0.3, -0.25) is 0 Å². The minimum atomic E-state index is 0.165. The lowest BCUT2D eigenvalue weighted by Gasteiger charge is -2.16. The van der Waals surface area contributed by atoms with E-state index < -0.39 is 0 Å². The summed E-state index contributed by atoms with van der Waals surface area (Å²) in [5.74, 6) is 1.61. The normalized spacial score (nSPS) is 16.0. The summed E-state index contributed by atoms with van der Waals surface area (Å²) in [4.78, 5) is 9.12. The predicted molar refractivity (Wildman–Crippen MR) is 98.3 cm³/mol. The van der Waals surface area contributed by atoms with E-state index in [1.54, 1.807) is 0 Å². The van der Waals surface area contributed by atoms with Crippen LogP contribution in [0.2, 0.25) is 0 Å². The molecule has 0 saturated heterocycles. The standard InChI is InChI=1S/C20H27N3O/c1-15(2)24-18-11-7-8-16(14-18)19-12-13-21-20(23-19)22-17-9-5-3-4-6-10-17/h7-8,11-15,17H,3-6,9-10H2,1-2H3,(H,21,22,23). The van der Waals surface area contributed by atoms with Crippen LogP contribution in [0.25, 0.3) is 11.3 Å². The first-order valence-electron chi connectivity index (χ1n) is 9.07. The largest absolute Gasteiger partial charge is 0.491 e. The molecule has 1 aliphatic carbocycles. The third-order valence-corrected chi connectivity index (χ3v) is 4.35. The first-order chi connectivity index (χ1) is 11.7. The van der Waals surface area contributed by atoms with Crippen LogP contribution >= 0.6 is 0 Å². The Bertz CT molecular complexity index is 649. The highest BCUT2D eigenvalue weighted by Gasteiger charge is 2.13. The molecule has 0 amide bonds. The summed E-state index contributed by atoms with van der Waals surface area (Å²) in [7, 11) is 0. The molecular formula is C20H27N3O. The van der Waals surface area contributed by atoms with Crippen molar-refractivity contribution in [1.82, 2.24) is 9.97 Å². The maximum atomic E-state index is 5.78. The molecule has 0 atom stereocenters. The number of aromatic nitrogens is 2. The van der Waals surface area contributed by atoms with Crippen LogP contribution in [0.4, 0.5) is 5.95 Å². The average molecular weight is 325 g/mol. The fourth-order valence-corrected chi connectivity index (χ4v) is 3.20. The van der Waals surface area contributed by atoms with Crippen molar-refractivity contribution in [3.63, 3.8) is 0 Å². The Morgan fingerprint density at radius 1 is 1.08 bits per heavy atom. The van der Waals surface area contributed by atoms with Crippen LogP contribution < -0.4 is 10.1 Å². The molecule has 0 aliphatic heterocycles. The number of nitrogens with one attached hydrogen (secondary N) is 1. The van der Waals surface area contributed by atoms with Gasteiger partial charge in [0.25, 0.3) is 0 Å². The third-order valence-electron chi connectivity index (χ3n) is 4.35. The third kappa shape index (κ3) is 4.70. The van der Waals surface area contributed by atoms with Gasteiger partial charge in [0.15, 0.2) is 0 Å². The predicted octanol–water partition coefficient (Wildman–Crippen LogP) is 5.07. The Morgan fingerprint density at radius 3 is 2.62 bits per heavy atom. The highest BCUT2D eigenvalue weighted by atomic mass is 16.5. The molecule has 4 heteroatoms. The second-order valence-corrected chi connectivity index (χ2v) is 6.79. The van der Waals surface area contributed by atoms with Crippen LogP contribution in [0, 0.1) is 0 Å². The van der Waals surface area contributed by atoms with Crippen LogP contribution in [0.1, 0.15) is 52.4 Å². The molecule has 4 nitrogen and oxygen atoms in total. The van der Waals surface area contributed by atoms with Crippen LogP contribution in [0.15, 0.2) is 36.5 Å². The molecule has 0 bridgehead atoms. The van der Waals surface area contributed by atoms with E-state index in [2.05, 4.69) is 16.4 Å². The smallest absolute Gasteiger partial charge is 0.223 e. The fourth-order valence-electron chi connectivity index (χ4n) is 3.20. The second kappa shape index (κ2) is 8.13. The number of rotatable bonds is 5. The second-order valence-electron chi connectivity index (χ2n) is 6.79. The van der Waals surface area contributed by atoms with Crippen LogP contribution in [-0.2, 0) is 0 Å². The molecule has 3 rings (SSSR count). The van der Waals surface area contributed by atoms with E-state index in [1.807, 2.05) is 44.3 Å². The van der Waals surface area contributed by atoms with E-state index in [4.69, 9.17) is 9.72 Å². The van der Waals surface area contributed by atoms with Gasteiger partial charge in [-0.2, -0.15) is 0 Å². The topological polar surface area (TPSA) is 47.0 Å². The van der Waals surface area contributed by atoms with Crippen LogP contribution in [0.3, 0.4) is 0 Å². The zero-order valence-electron chi connectivity index (χ0n) is 14.7. The Morgan fingerprint density at radius 2 is 1.88 bits per heavy atom. The summed E-state index contributed by atoms with van der Waals surface area (Å²) in [6, 6.07) is 10.5. The minimum absolute atomic E-state index is 0.165. The van der Waals surface area contributed by atoms with E-state index in [-0.39, 0.29) is 6.10 Å². The summed E-state index contributed by atoms with van der Waals surface area (Å²) in [5.41, 5.74) is 1.98. The molecule has 0 spiro atoms. The average Bonchev–Trinajstić information content (AvgIpc) is 2.83. The molecule has 1 saturated carbocycles. The van der Waals surface area contributed by atoms with Gasteiger partial charge in [-0.05, 0) is 44.9 Å². The molecule has 24 heavy (non-hydrogen) atoms. The van der Waals surface area contributed by atoms with Crippen molar-refractivity contribution in [2.24, 2.45) is 0 Å². The Hall–Kier alpha value is -2.10. The highest BCUT2D eigenvalue weighted by molar-refractivity contribution is 5.62. The number of hydrogen-bond acceptors (Lipinski definition) is 4. The summed E-state index contributed by atoms with van der Waals surface area (Å²) in [5, 5.41) is 3.52. The van der Waals surface area contributed by atoms with E-state index >= 15 is 0 Å². The lowest BCUT2D eigenvalue weighted by atomic mass is 10.1. The maximum Gasteiger partial charge on any atom is 0.223 e. The lowest BCUT2D eigenvalue weighted by molar-refractivity contribution is 0.242. The van der Waals surface area contributed by atoms with Crippen LogP contribution in [-0.4, -0.2) is 22.1 Å². The van der Waals surface area contributed by atoms with Gasteiger partial charge in [0.1, 0.15) is 5.75 Å². The first kappa shape index (κ1) is 16.7. The molecule has 1 aromatic heterocycles. The van der Waals surface area contributed by atoms with Gasteiger partial charge >= 0.3 is 0 Å². The SMILES string of the molecule is CC(C)Oc1cccc(-c2ccnc(NC3CCCCCC3)n2)c1. The van der Waals surface area contributed by atoms with Crippen molar-refractivity contribution >= 4 is 5.95 Å². The summed E-state index contributed by atoms with van der Waals surface area (Å²) < 4.78 is 5.78. The van der Waals surface area contributed by atoms with Gasteiger partial charge in [-0.1, -0.05) is 37.8 Å². The minimum Gasteiger partial charge on any atom is -0.491 e. The molecule has 0 radical (unpaired) electrons. The van der Waals surface area contributed by atoms with Gasteiger partial charge in [-0.25, -0.2) is 9.97 Å². The molecular weight excluding hydrogens is 298 g/mol. The van der Waals surface area contributed by atoms with Gasteiger partial charge in [0.05, 0.1) is 11.8 Å². The quantitative estimate of drug-likeness (QED) is 0.780. The van der Waals surface area contributed by atoms with E-state index in [0.717, 1.165) is 23.0 Å². The van der Waals surface area contributed by atoms with Crippen molar-refractivity contribution in [2.75, 3.05) is 5.32 Å². The number of hydrogen-bond donors (Lipinski definition) is 1. The highest BCUT2D eigenvalue weighted by Crippen LogP contribution is 2.24. The molecule has 1 heterocycles. The number of benzene rings is 1. The summed E-state index contributed by atoms with van der Waals surface area (Å²) in [6.45, 7) is 4.07. The molecule has 1 fully saturated rings. The summed E-state index contributed by atoms with van der Waals surface area (Å²) in [6.07, 6.45) is 9.72. The number of ether oxygens (including phenoxy) is 1. The fraction of sp³-hybridized carbons (Fsp3) is 0.500. The van der Waals surface area contributed by atoms with Crippen molar-refractivity contribution in [1.29, 1.82) is 0 Å². The van der Waals surface area contributed by atoms with Crippen molar-refractivity contribution in [2.45, 2.75) is 64.5 Å². The van der Waals surface area contributed by atoms with Gasteiger partial charge < -0.3 is 10.1 Å². The molecule has 1 N–H and O–H groups in total. The zero-order valence-corrected chi connectivity index (χ0v) is 14.7. The molecule has 128 valence electrons. The van der Waals surface area contributed by atoms with E-state index in [0.29, 0.717) is 6.04 Å². The molecule has 1 aromatic carbocycles. The number of nitrogens with zero attached hydrogens (tertiary/aromatic N) is 2. The Labute approximate surface area is 144 Å². The molecule has 1 aliphatic rings. The molecule has 0 unspecified atom stereocenters. The summed E-state index contributed by atoms with van der Waals surface area (Å²) >= 11 is 0. The Balaban J connectivity index is 1.75. The van der Waals surface area contributed by atoms with Crippen LogP contribution in [0.5, 0.6) is 5.75 Å². The van der Waals surface area contributed by atoms with Crippen molar-refractivity contribution in [3.8, 4) is 17.0 Å². The number of anilines is 1. The van der Waals surface area contributed by atoms with Crippen molar-refractivity contribution in [3.05, 3.63) is 36.5 Å². The first-order valence-corrected chi connectivity index (χ1v) is 9.07. The lowest BCUT2D eigenvalue weighted by Crippen LogP contribution is -2.19. The van der Waals surface area contributed by atoms with Crippen molar-refractivity contribution < 1.29 is 4.74 Å². The van der Waals surface area contributed by atoms with E-state index in [1.165, 1.54) is 38.5 Å². The molecule has 2 aromatic rings. The maximum absolute atomic E-state index is 5.78. The van der Waals surface area contributed by atoms with Gasteiger partial charge in [-0.15, -0.1) is 0 Å². The van der Waals surface area contributed by atoms with Gasteiger partial charge in [0.2, 0.25) is 5.95 Å².